The first-order valence-corrected chi connectivity index (χ1v) is 8.83. The number of hydrogen-bond donors (Lipinski definition) is 2. The lowest BCUT2D eigenvalue weighted by Crippen LogP contribution is -2.47. The Morgan fingerprint density at radius 2 is 2.05 bits per heavy atom. The van der Waals surface area contributed by atoms with Crippen molar-refractivity contribution in [3.63, 3.8) is 0 Å². The molecule has 3 unspecified atom stereocenters. The van der Waals surface area contributed by atoms with Crippen molar-refractivity contribution >= 4 is 17.7 Å². The molecule has 1 fully saturated rings. The molecule has 4 nitrogen and oxygen atoms in total. The second-order valence-electron chi connectivity index (χ2n) is 5.83. The number of thioether (sulfide) groups is 1. The molecule has 22 heavy (non-hydrogen) atoms. The minimum absolute atomic E-state index is 0.103. The predicted molar refractivity (Wildman–Crippen MR) is 91.3 cm³/mol. The van der Waals surface area contributed by atoms with Crippen molar-refractivity contribution < 1.29 is 9.53 Å². The van der Waals surface area contributed by atoms with Crippen LogP contribution in [0.25, 0.3) is 0 Å². The van der Waals surface area contributed by atoms with Gasteiger partial charge in [0.1, 0.15) is 5.75 Å². The SMILES string of the molecule is COc1ccc(SC(C)C(=O)NC2CCCCC2CN)cc1. The number of rotatable bonds is 6. The van der Waals surface area contributed by atoms with Crippen LogP contribution >= 0.6 is 11.8 Å². The van der Waals surface area contributed by atoms with Crippen LogP contribution in [0.4, 0.5) is 0 Å². The van der Waals surface area contributed by atoms with E-state index in [9.17, 15) is 4.79 Å². The van der Waals surface area contributed by atoms with Crippen LogP contribution in [-0.4, -0.2) is 30.9 Å². The summed E-state index contributed by atoms with van der Waals surface area (Å²) in [6.45, 7) is 2.61. The maximum Gasteiger partial charge on any atom is 0.233 e. The summed E-state index contributed by atoms with van der Waals surface area (Å²) < 4.78 is 5.15. The fourth-order valence-electron chi connectivity index (χ4n) is 2.89. The molecule has 122 valence electrons. The topological polar surface area (TPSA) is 64.3 Å². The fraction of sp³-hybridized carbons (Fsp3) is 0.588. The highest BCUT2D eigenvalue weighted by atomic mass is 32.2. The maximum absolute atomic E-state index is 12.4. The molecule has 0 spiro atoms. The predicted octanol–water partition coefficient (Wildman–Crippen LogP) is 2.81. The van der Waals surface area contributed by atoms with E-state index in [2.05, 4.69) is 5.32 Å². The number of methoxy groups -OCH3 is 1. The molecule has 1 aromatic carbocycles. The molecule has 0 saturated heterocycles. The largest absolute Gasteiger partial charge is 0.497 e. The van der Waals surface area contributed by atoms with Gasteiger partial charge in [-0.1, -0.05) is 12.8 Å². The Bertz CT molecular complexity index is 478. The summed E-state index contributed by atoms with van der Waals surface area (Å²) >= 11 is 1.57. The van der Waals surface area contributed by atoms with Gasteiger partial charge in [-0.15, -0.1) is 11.8 Å². The van der Waals surface area contributed by atoms with Crippen LogP contribution in [-0.2, 0) is 4.79 Å². The lowest BCUT2D eigenvalue weighted by Gasteiger charge is -2.32. The Hall–Kier alpha value is -1.20. The maximum atomic E-state index is 12.4. The first-order chi connectivity index (χ1) is 10.6. The second-order valence-corrected chi connectivity index (χ2v) is 7.25. The van der Waals surface area contributed by atoms with E-state index in [1.807, 2.05) is 31.2 Å². The fourth-order valence-corrected chi connectivity index (χ4v) is 3.77. The van der Waals surface area contributed by atoms with Crippen LogP contribution in [0.15, 0.2) is 29.2 Å². The smallest absolute Gasteiger partial charge is 0.233 e. The molecule has 1 aromatic rings. The van der Waals surface area contributed by atoms with Gasteiger partial charge in [-0.05, 0) is 56.5 Å². The third-order valence-corrected chi connectivity index (χ3v) is 5.39. The monoisotopic (exact) mass is 322 g/mol. The van der Waals surface area contributed by atoms with Gasteiger partial charge in [0.05, 0.1) is 12.4 Å². The van der Waals surface area contributed by atoms with Crippen LogP contribution in [0, 0.1) is 5.92 Å². The average Bonchev–Trinajstić information content (AvgIpc) is 2.56. The summed E-state index contributed by atoms with van der Waals surface area (Å²) in [7, 11) is 1.65. The van der Waals surface area contributed by atoms with Crippen LogP contribution in [0.1, 0.15) is 32.6 Å². The quantitative estimate of drug-likeness (QED) is 0.791. The molecular formula is C17H26N2O2S. The molecule has 3 N–H and O–H groups in total. The van der Waals surface area contributed by atoms with Crippen LogP contribution < -0.4 is 15.8 Å². The molecule has 2 rings (SSSR count). The highest BCUT2D eigenvalue weighted by molar-refractivity contribution is 8.00. The van der Waals surface area contributed by atoms with Crippen molar-refractivity contribution in [2.24, 2.45) is 11.7 Å². The van der Waals surface area contributed by atoms with Gasteiger partial charge in [0, 0.05) is 10.9 Å². The van der Waals surface area contributed by atoms with E-state index < -0.39 is 0 Å². The van der Waals surface area contributed by atoms with Gasteiger partial charge >= 0.3 is 0 Å². The minimum atomic E-state index is -0.117. The van der Waals surface area contributed by atoms with Gasteiger partial charge in [-0.2, -0.15) is 0 Å². The number of amides is 1. The Balaban J connectivity index is 1.87. The Morgan fingerprint density at radius 1 is 1.36 bits per heavy atom. The molecule has 0 heterocycles. The molecule has 0 aromatic heterocycles. The summed E-state index contributed by atoms with van der Waals surface area (Å²) in [6.07, 6.45) is 4.58. The number of benzene rings is 1. The van der Waals surface area contributed by atoms with E-state index in [-0.39, 0.29) is 17.2 Å². The Morgan fingerprint density at radius 3 is 2.68 bits per heavy atom. The van der Waals surface area contributed by atoms with Crippen molar-refractivity contribution in [1.29, 1.82) is 0 Å². The van der Waals surface area contributed by atoms with Crippen molar-refractivity contribution in [2.75, 3.05) is 13.7 Å². The lowest BCUT2D eigenvalue weighted by atomic mass is 9.84. The van der Waals surface area contributed by atoms with E-state index in [0.29, 0.717) is 12.5 Å². The number of carbonyl (C=O) groups excluding carboxylic acids is 1. The van der Waals surface area contributed by atoms with Gasteiger partial charge in [0.2, 0.25) is 5.91 Å². The van der Waals surface area contributed by atoms with E-state index in [1.165, 1.54) is 12.8 Å². The number of hydrogen-bond acceptors (Lipinski definition) is 4. The summed E-state index contributed by atoms with van der Waals surface area (Å²) in [5.41, 5.74) is 5.83. The van der Waals surface area contributed by atoms with Crippen LogP contribution in [0.2, 0.25) is 0 Å². The summed E-state index contributed by atoms with van der Waals surface area (Å²) in [5, 5.41) is 3.08. The van der Waals surface area contributed by atoms with Gasteiger partial charge in [-0.25, -0.2) is 0 Å². The summed E-state index contributed by atoms with van der Waals surface area (Å²) in [4.78, 5) is 13.5. The third kappa shape index (κ3) is 4.65. The first kappa shape index (κ1) is 17.2. The molecular weight excluding hydrogens is 296 g/mol. The van der Waals surface area contributed by atoms with Crippen LogP contribution in [0.3, 0.4) is 0 Å². The molecule has 5 heteroatoms. The Kier molecular flexibility index (Phi) is 6.58. The molecule has 1 amide bonds. The average molecular weight is 322 g/mol. The zero-order valence-electron chi connectivity index (χ0n) is 13.4. The highest BCUT2D eigenvalue weighted by Gasteiger charge is 2.27. The summed E-state index contributed by atoms with van der Waals surface area (Å²) in [5.74, 6) is 1.36. The summed E-state index contributed by atoms with van der Waals surface area (Å²) in [6, 6.07) is 8.04. The Labute approximate surface area is 137 Å². The molecule has 0 aliphatic heterocycles. The molecule has 0 radical (unpaired) electrons. The standard InChI is InChI=1S/C17H26N2O2S/c1-12(22-15-9-7-14(21-2)8-10-15)17(20)19-16-6-4-3-5-13(16)11-18/h7-10,12-13,16H,3-6,11,18H2,1-2H3,(H,19,20). The van der Waals surface area contributed by atoms with Crippen molar-refractivity contribution in [3.05, 3.63) is 24.3 Å². The zero-order chi connectivity index (χ0) is 15.9. The molecule has 0 bridgehead atoms. The number of nitrogens with two attached hydrogens (primary N) is 1. The van der Waals surface area contributed by atoms with Crippen molar-refractivity contribution in [1.82, 2.24) is 5.32 Å². The molecule has 1 aliphatic carbocycles. The minimum Gasteiger partial charge on any atom is -0.497 e. The molecule has 1 aliphatic rings. The third-order valence-electron chi connectivity index (χ3n) is 4.28. The van der Waals surface area contributed by atoms with Gasteiger partial charge in [0.25, 0.3) is 0 Å². The van der Waals surface area contributed by atoms with Crippen molar-refractivity contribution in [3.8, 4) is 5.75 Å². The van der Waals surface area contributed by atoms with E-state index >= 15 is 0 Å². The van der Waals surface area contributed by atoms with Crippen LogP contribution in [0.5, 0.6) is 5.75 Å². The zero-order valence-corrected chi connectivity index (χ0v) is 14.2. The van der Waals surface area contributed by atoms with Gasteiger partial charge in [-0.3, -0.25) is 4.79 Å². The highest BCUT2D eigenvalue weighted by Crippen LogP contribution is 2.27. The number of carbonyl (C=O) groups is 1. The van der Waals surface area contributed by atoms with E-state index in [4.69, 9.17) is 10.5 Å². The van der Waals surface area contributed by atoms with Crippen molar-refractivity contribution in [2.45, 2.75) is 48.8 Å². The molecule has 3 atom stereocenters. The second kappa shape index (κ2) is 8.44. The lowest BCUT2D eigenvalue weighted by molar-refractivity contribution is -0.121. The van der Waals surface area contributed by atoms with Gasteiger partial charge < -0.3 is 15.8 Å². The van der Waals surface area contributed by atoms with E-state index in [1.54, 1.807) is 18.9 Å². The molecule has 1 saturated carbocycles. The number of nitrogens with one attached hydrogen (secondary N) is 1. The first-order valence-electron chi connectivity index (χ1n) is 7.95. The van der Waals surface area contributed by atoms with E-state index in [0.717, 1.165) is 23.5 Å². The van der Waals surface area contributed by atoms with Gasteiger partial charge in [0.15, 0.2) is 0 Å². The number of ether oxygens (including phenoxy) is 1. The normalized spacial score (nSPS) is 22.9.